The van der Waals surface area contributed by atoms with Gasteiger partial charge < -0.3 is 20.1 Å². The zero-order valence-corrected chi connectivity index (χ0v) is 19.3. The Bertz CT molecular complexity index is 1020. The molecule has 32 heavy (non-hydrogen) atoms. The van der Waals surface area contributed by atoms with Gasteiger partial charge in [0.2, 0.25) is 21.8 Å². The summed E-state index contributed by atoms with van der Waals surface area (Å²) in [6.07, 6.45) is 1.23. The molecule has 0 aliphatic carbocycles. The van der Waals surface area contributed by atoms with E-state index in [0.29, 0.717) is 30.2 Å². The first kappa shape index (κ1) is 25.2. The molecule has 0 fully saturated rings. The lowest BCUT2D eigenvalue weighted by Gasteiger charge is -2.11. The summed E-state index contributed by atoms with van der Waals surface area (Å²) in [5.74, 6) is 0.385. The maximum atomic E-state index is 12.4. The van der Waals surface area contributed by atoms with Crippen molar-refractivity contribution < 1.29 is 27.5 Å². The van der Waals surface area contributed by atoms with Crippen LogP contribution >= 0.6 is 0 Å². The van der Waals surface area contributed by atoms with Crippen LogP contribution in [0.5, 0.6) is 11.5 Å². The molecule has 0 atom stereocenters. The highest BCUT2D eigenvalue weighted by Gasteiger charge is 2.17. The van der Waals surface area contributed by atoms with E-state index in [4.69, 9.17) is 9.47 Å². The highest BCUT2D eigenvalue weighted by Crippen LogP contribution is 2.29. The van der Waals surface area contributed by atoms with Crippen LogP contribution in [-0.4, -0.2) is 41.0 Å². The third-order valence-electron chi connectivity index (χ3n) is 4.51. The maximum Gasteiger partial charge on any atom is 0.240 e. The van der Waals surface area contributed by atoms with Crippen molar-refractivity contribution in [3.8, 4) is 11.5 Å². The van der Waals surface area contributed by atoms with Crippen LogP contribution in [0.25, 0.3) is 0 Å². The first-order chi connectivity index (χ1) is 15.3. The zero-order valence-electron chi connectivity index (χ0n) is 18.4. The molecule has 0 spiro atoms. The standard InChI is InChI=1S/C22H29N3O6S/c1-4-5-22(27)25-17-8-6-16(7-9-17)15-23-21(26)12-13-24-32(28,29)18-10-11-19(30-2)20(14-18)31-3/h6-11,14,24H,4-5,12-13,15H2,1-3H3,(H,23,26)(H,25,27). The average Bonchev–Trinajstić information content (AvgIpc) is 2.78. The van der Waals surface area contributed by atoms with Crippen LogP contribution in [0, 0.1) is 0 Å². The lowest BCUT2D eigenvalue weighted by molar-refractivity contribution is -0.121. The molecular formula is C22H29N3O6S. The highest BCUT2D eigenvalue weighted by atomic mass is 32.2. The third kappa shape index (κ3) is 7.54. The lowest BCUT2D eigenvalue weighted by Crippen LogP contribution is -2.30. The average molecular weight is 464 g/mol. The Labute approximate surface area is 188 Å². The molecular weight excluding hydrogens is 434 g/mol. The Morgan fingerprint density at radius 2 is 1.59 bits per heavy atom. The van der Waals surface area contributed by atoms with Gasteiger partial charge in [0.05, 0.1) is 19.1 Å². The Hall–Kier alpha value is -3.11. The molecule has 0 saturated carbocycles. The minimum Gasteiger partial charge on any atom is -0.493 e. The van der Waals surface area contributed by atoms with Gasteiger partial charge in [-0.1, -0.05) is 19.1 Å². The van der Waals surface area contributed by atoms with Gasteiger partial charge in [0.1, 0.15) is 0 Å². The number of nitrogens with one attached hydrogen (secondary N) is 3. The summed E-state index contributed by atoms with van der Waals surface area (Å²) in [4.78, 5) is 23.7. The molecule has 10 heteroatoms. The monoisotopic (exact) mass is 463 g/mol. The minimum atomic E-state index is -3.80. The number of hydrogen-bond donors (Lipinski definition) is 3. The van der Waals surface area contributed by atoms with Crippen LogP contribution in [0.15, 0.2) is 47.4 Å². The number of methoxy groups -OCH3 is 2. The number of carbonyl (C=O) groups is 2. The van der Waals surface area contributed by atoms with Crippen LogP contribution < -0.4 is 24.8 Å². The topological polar surface area (TPSA) is 123 Å². The molecule has 2 rings (SSSR count). The third-order valence-corrected chi connectivity index (χ3v) is 5.97. The predicted octanol–water partition coefficient (Wildman–Crippen LogP) is 2.43. The van der Waals surface area contributed by atoms with E-state index in [1.165, 1.54) is 32.4 Å². The fourth-order valence-electron chi connectivity index (χ4n) is 2.81. The van der Waals surface area contributed by atoms with Crippen molar-refractivity contribution in [2.45, 2.75) is 37.6 Å². The van der Waals surface area contributed by atoms with Gasteiger partial charge in [-0.05, 0) is 36.2 Å². The molecule has 9 nitrogen and oxygen atoms in total. The molecule has 2 aromatic carbocycles. The second kappa shape index (κ2) is 12.1. The van der Waals surface area contributed by atoms with E-state index in [2.05, 4.69) is 15.4 Å². The molecule has 0 aliphatic rings. The van der Waals surface area contributed by atoms with Gasteiger partial charge in [-0.2, -0.15) is 0 Å². The molecule has 0 bridgehead atoms. The summed E-state index contributed by atoms with van der Waals surface area (Å²) in [6, 6.07) is 11.4. The molecule has 2 amide bonds. The van der Waals surface area contributed by atoms with Crippen molar-refractivity contribution in [3.63, 3.8) is 0 Å². The smallest absolute Gasteiger partial charge is 0.240 e. The molecule has 3 N–H and O–H groups in total. The maximum absolute atomic E-state index is 12.4. The summed E-state index contributed by atoms with van der Waals surface area (Å²) in [5, 5.41) is 5.54. The van der Waals surface area contributed by atoms with Gasteiger partial charge in [0.15, 0.2) is 11.5 Å². The molecule has 2 aromatic rings. The number of ether oxygens (including phenoxy) is 2. The van der Waals surface area contributed by atoms with Crippen LogP contribution in [-0.2, 0) is 26.2 Å². The van der Waals surface area contributed by atoms with E-state index >= 15 is 0 Å². The number of sulfonamides is 1. The van der Waals surface area contributed by atoms with E-state index in [0.717, 1.165) is 12.0 Å². The predicted molar refractivity (Wildman–Crippen MR) is 121 cm³/mol. The van der Waals surface area contributed by atoms with Crippen LogP contribution in [0.1, 0.15) is 31.7 Å². The number of anilines is 1. The molecule has 0 radical (unpaired) electrons. The fourth-order valence-corrected chi connectivity index (χ4v) is 3.86. The first-order valence-electron chi connectivity index (χ1n) is 10.2. The minimum absolute atomic E-state index is 0.0154. The summed E-state index contributed by atoms with van der Waals surface area (Å²) >= 11 is 0. The summed E-state index contributed by atoms with van der Waals surface area (Å²) < 4.78 is 37.5. The second-order valence-electron chi connectivity index (χ2n) is 6.94. The van der Waals surface area contributed by atoms with Gasteiger partial charge in [-0.15, -0.1) is 0 Å². The van der Waals surface area contributed by atoms with Crippen molar-refractivity contribution in [2.24, 2.45) is 0 Å². The van der Waals surface area contributed by atoms with Crippen molar-refractivity contribution >= 4 is 27.5 Å². The normalized spacial score (nSPS) is 11.0. The SMILES string of the molecule is CCCC(=O)Nc1ccc(CNC(=O)CCNS(=O)(=O)c2ccc(OC)c(OC)c2)cc1. The van der Waals surface area contributed by atoms with Crippen LogP contribution in [0.3, 0.4) is 0 Å². The van der Waals surface area contributed by atoms with E-state index in [1.54, 1.807) is 12.1 Å². The molecule has 0 unspecified atom stereocenters. The summed E-state index contributed by atoms with van der Waals surface area (Å²) in [5.41, 5.74) is 1.56. The Balaban J connectivity index is 1.80. The Kier molecular flexibility index (Phi) is 9.48. The van der Waals surface area contributed by atoms with Gasteiger partial charge >= 0.3 is 0 Å². The van der Waals surface area contributed by atoms with Crippen molar-refractivity contribution in [2.75, 3.05) is 26.1 Å². The van der Waals surface area contributed by atoms with Gasteiger partial charge in [0, 0.05) is 37.7 Å². The molecule has 0 aromatic heterocycles. The largest absolute Gasteiger partial charge is 0.493 e. The lowest BCUT2D eigenvalue weighted by atomic mass is 10.2. The fraction of sp³-hybridized carbons (Fsp3) is 0.364. The number of benzene rings is 2. The summed E-state index contributed by atoms with van der Waals surface area (Å²) in [7, 11) is -0.920. The van der Waals surface area contributed by atoms with Crippen LogP contribution in [0.2, 0.25) is 0 Å². The summed E-state index contributed by atoms with van der Waals surface area (Å²) in [6.45, 7) is 2.18. The molecule has 0 saturated heterocycles. The molecule has 0 aliphatic heterocycles. The quantitative estimate of drug-likeness (QED) is 0.444. The molecule has 0 heterocycles. The first-order valence-corrected chi connectivity index (χ1v) is 11.6. The van der Waals surface area contributed by atoms with Gasteiger partial charge in [-0.25, -0.2) is 13.1 Å². The van der Waals surface area contributed by atoms with Crippen molar-refractivity contribution in [1.82, 2.24) is 10.0 Å². The highest BCUT2D eigenvalue weighted by molar-refractivity contribution is 7.89. The van der Waals surface area contributed by atoms with E-state index in [9.17, 15) is 18.0 Å². The number of hydrogen-bond acceptors (Lipinski definition) is 6. The van der Waals surface area contributed by atoms with Crippen LogP contribution in [0.4, 0.5) is 5.69 Å². The number of rotatable bonds is 12. The van der Waals surface area contributed by atoms with Crippen molar-refractivity contribution in [1.29, 1.82) is 0 Å². The van der Waals surface area contributed by atoms with Crippen molar-refractivity contribution in [3.05, 3.63) is 48.0 Å². The van der Waals surface area contributed by atoms with Gasteiger partial charge in [0.25, 0.3) is 0 Å². The van der Waals surface area contributed by atoms with Gasteiger partial charge in [-0.3, -0.25) is 9.59 Å². The zero-order chi connectivity index (χ0) is 23.6. The number of amides is 2. The van der Waals surface area contributed by atoms with E-state index < -0.39 is 10.0 Å². The second-order valence-corrected chi connectivity index (χ2v) is 8.70. The Morgan fingerprint density at radius 1 is 0.906 bits per heavy atom. The van der Waals surface area contributed by atoms with E-state index in [-0.39, 0.29) is 29.7 Å². The number of carbonyl (C=O) groups excluding carboxylic acids is 2. The Morgan fingerprint density at radius 3 is 2.22 bits per heavy atom. The molecule has 174 valence electrons. The van der Waals surface area contributed by atoms with E-state index in [1.807, 2.05) is 19.1 Å².